The Morgan fingerprint density at radius 2 is 2.00 bits per heavy atom. The number of nitrogens with zero attached hydrogens (tertiary/aromatic N) is 1. The molecule has 0 aliphatic carbocycles. The number of thiocarbonyl (C=S) groups is 1. The molecular formula is C10H19N3O4S2. The first kappa shape index (κ1) is 16.1. The Hall–Kier alpha value is -0.930. The molecule has 1 aliphatic rings. The zero-order valence-corrected chi connectivity index (χ0v) is 12.6. The summed E-state index contributed by atoms with van der Waals surface area (Å²) in [6.45, 7) is 4.16. The van der Waals surface area contributed by atoms with Crippen molar-refractivity contribution in [3.8, 4) is 0 Å². The van der Waals surface area contributed by atoms with Crippen LogP contribution in [0.15, 0.2) is 0 Å². The number of rotatable bonds is 4. The summed E-state index contributed by atoms with van der Waals surface area (Å²) >= 11 is 4.99. The van der Waals surface area contributed by atoms with E-state index in [9.17, 15) is 13.2 Å². The van der Waals surface area contributed by atoms with Gasteiger partial charge in [0.2, 0.25) is 0 Å². The molecule has 1 rings (SSSR count). The third-order valence-electron chi connectivity index (χ3n) is 3.25. The molecular weight excluding hydrogens is 290 g/mol. The highest BCUT2D eigenvalue weighted by molar-refractivity contribution is 7.87. The van der Waals surface area contributed by atoms with Crippen molar-refractivity contribution in [2.24, 2.45) is 11.1 Å². The van der Waals surface area contributed by atoms with Crippen LogP contribution in [0.4, 0.5) is 4.79 Å². The maximum absolute atomic E-state index is 11.9. The molecule has 9 heteroatoms. The first-order valence-corrected chi connectivity index (χ1v) is 7.80. The maximum atomic E-state index is 11.9. The van der Waals surface area contributed by atoms with Gasteiger partial charge in [-0.2, -0.15) is 12.7 Å². The molecule has 0 aromatic carbocycles. The van der Waals surface area contributed by atoms with Crippen molar-refractivity contribution in [1.29, 1.82) is 0 Å². The average molecular weight is 309 g/mol. The Morgan fingerprint density at radius 1 is 1.47 bits per heavy atom. The van der Waals surface area contributed by atoms with Crippen LogP contribution in [0.2, 0.25) is 0 Å². The number of hydrogen-bond donors (Lipinski definition) is 2. The minimum absolute atomic E-state index is 0.112. The van der Waals surface area contributed by atoms with Crippen LogP contribution in [0.1, 0.15) is 26.7 Å². The molecule has 0 aromatic rings. The molecule has 0 atom stereocenters. The van der Waals surface area contributed by atoms with Crippen molar-refractivity contribution in [3.05, 3.63) is 0 Å². The van der Waals surface area contributed by atoms with Gasteiger partial charge in [-0.05, 0) is 19.8 Å². The Labute approximate surface area is 118 Å². The average Bonchev–Trinajstić information content (AvgIpc) is 2.28. The standard InChI is InChI=1S/C10H19N3O4S2/c1-3-17-9(14)12-19(15,16)13-6-4-10(2,5-7-13)8(11)18/h3-7H2,1-2H3,(H2,11,18)(H,12,14). The second-order valence-corrected chi connectivity index (χ2v) is 6.76. The molecule has 19 heavy (non-hydrogen) atoms. The van der Waals surface area contributed by atoms with Crippen molar-refractivity contribution in [1.82, 2.24) is 9.03 Å². The molecule has 0 saturated carbocycles. The lowest BCUT2D eigenvalue weighted by Gasteiger charge is -2.37. The molecule has 110 valence electrons. The van der Waals surface area contributed by atoms with Crippen LogP contribution in [0.25, 0.3) is 0 Å². The maximum Gasteiger partial charge on any atom is 0.421 e. The lowest BCUT2D eigenvalue weighted by atomic mass is 9.81. The van der Waals surface area contributed by atoms with Crippen molar-refractivity contribution >= 4 is 33.5 Å². The van der Waals surface area contributed by atoms with Gasteiger partial charge in [-0.1, -0.05) is 19.1 Å². The van der Waals surface area contributed by atoms with E-state index in [-0.39, 0.29) is 25.1 Å². The predicted octanol–water partition coefficient (Wildman–Crippen LogP) is 0.366. The first-order valence-electron chi connectivity index (χ1n) is 5.96. The Balaban J connectivity index is 2.64. The van der Waals surface area contributed by atoms with Gasteiger partial charge in [-0.15, -0.1) is 0 Å². The number of nitrogens with one attached hydrogen (secondary N) is 1. The summed E-state index contributed by atoms with van der Waals surface area (Å²) < 4.78 is 31.4. The molecule has 0 bridgehead atoms. The largest absolute Gasteiger partial charge is 0.449 e. The van der Waals surface area contributed by atoms with E-state index in [0.29, 0.717) is 17.8 Å². The highest BCUT2D eigenvalue weighted by Gasteiger charge is 2.37. The third-order valence-corrected chi connectivity index (χ3v) is 5.21. The normalized spacial score (nSPS) is 19.7. The minimum Gasteiger partial charge on any atom is -0.449 e. The highest BCUT2D eigenvalue weighted by Crippen LogP contribution is 2.31. The molecule has 1 heterocycles. The van der Waals surface area contributed by atoms with Crippen LogP contribution in [-0.4, -0.2) is 43.5 Å². The summed E-state index contributed by atoms with van der Waals surface area (Å²) in [7, 11) is -3.86. The van der Waals surface area contributed by atoms with Crippen molar-refractivity contribution < 1.29 is 17.9 Å². The number of hydrogen-bond acceptors (Lipinski definition) is 5. The minimum atomic E-state index is -3.86. The highest BCUT2D eigenvalue weighted by atomic mass is 32.2. The molecule has 7 nitrogen and oxygen atoms in total. The molecule has 3 N–H and O–H groups in total. The van der Waals surface area contributed by atoms with Crippen LogP contribution in [0, 0.1) is 5.41 Å². The van der Waals surface area contributed by atoms with Crippen molar-refractivity contribution in [2.45, 2.75) is 26.7 Å². The summed E-state index contributed by atoms with van der Waals surface area (Å²) in [5.74, 6) is 0. The lowest BCUT2D eigenvalue weighted by molar-refractivity contribution is 0.157. The SMILES string of the molecule is CCOC(=O)NS(=O)(=O)N1CCC(C)(C(N)=S)CC1. The van der Waals surface area contributed by atoms with Gasteiger partial charge in [-0.3, -0.25) is 0 Å². The summed E-state index contributed by atoms with van der Waals surface area (Å²) in [4.78, 5) is 11.5. The Bertz CT molecular complexity index is 455. The topological polar surface area (TPSA) is 102 Å². The molecule has 0 radical (unpaired) electrons. The predicted molar refractivity (Wildman–Crippen MR) is 74.8 cm³/mol. The fourth-order valence-corrected chi connectivity index (χ4v) is 3.06. The molecule has 0 unspecified atom stereocenters. The van der Waals surface area contributed by atoms with Gasteiger partial charge in [0, 0.05) is 18.5 Å². The first-order chi connectivity index (χ1) is 8.71. The molecule has 1 saturated heterocycles. The fourth-order valence-electron chi connectivity index (χ4n) is 1.80. The number of nitrogens with two attached hydrogens (primary N) is 1. The van der Waals surface area contributed by atoms with Gasteiger partial charge in [0.1, 0.15) is 0 Å². The fraction of sp³-hybridized carbons (Fsp3) is 0.800. The quantitative estimate of drug-likeness (QED) is 0.727. The monoisotopic (exact) mass is 309 g/mol. The Kier molecular flexibility index (Phi) is 5.11. The smallest absolute Gasteiger partial charge is 0.421 e. The summed E-state index contributed by atoms with van der Waals surface area (Å²) in [6, 6.07) is 0. The van der Waals surface area contributed by atoms with Gasteiger partial charge >= 0.3 is 16.3 Å². The van der Waals surface area contributed by atoms with Crippen molar-refractivity contribution in [3.63, 3.8) is 0 Å². The van der Waals surface area contributed by atoms with E-state index in [4.69, 9.17) is 18.0 Å². The van der Waals surface area contributed by atoms with Gasteiger partial charge in [-0.25, -0.2) is 9.52 Å². The number of carbonyl (C=O) groups excluding carboxylic acids is 1. The van der Waals surface area contributed by atoms with Crippen LogP contribution < -0.4 is 10.5 Å². The van der Waals surface area contributed by atoms with Gasteiger partial charge in [0.15, 0.2) is 0 Å². The summed E-state index contributed by atoms with van der Waals surface area (Å²) in [5, 5.41) is 0. The summed E-state index contributed by atoms with van der Waals surface area (Å²) in [6.07, 6.45) is 0.100. The van der Waals surface area contributed by atoms with Crippen LogP contribution >= 0.6 is 12.2 Å². The number of carbonyl (C=O) groups is 1. The molecule has 1 aliphatic heterocycles. The second-order valence-electron chi connectivity index (χ2n) is 4.65. The molecule has 0 aromatic heterocycles. The lowest BCUT2D eigenvalue weighted by Crippen LogP contribution is -2.51. The van der Waals surface area contributed by atoms with E-state index in [0.717, 1.165) is 0 Å². The molecule has 1 fully saturated rings. The van der Waals surface area contributed by atoms with E-state index in [2.05, 4.69) is 4.74 Å². The van der Waals surface area contributed by atoms with E-state index in [1.807, 2.05) is 11.6 Å². The molecule has 0 spiro atoms. The van der Waals surface area contributed by atoms with Crippen LogP contribution in [0.3, 0.4) is 0 Å². The van der Waals surface area contributed by atoms with Crippen LogP contribution in [-0.2, 0) is 14.9 Å². The Morgan fingerprint density at radius 3 is 2.42 bits per heavy atom. The summed E-state index contributed by atoms with van der Waals surface area (Å²) in [5.41, 5.74) is 5.32. The molecule has 1 amide bonds. The third kappa shape index (κ3) is 4.02. The van der Waals surface area contributed by atoms with Crippen molar-refractivity contribution in [2.75, 3.05) is 19.7 Å². The van der Waals surface area contributed by atoms with E-state index < -0.39 is 16.3 Å². The van der Waals surface area contributed by atoms with E-state index in [1.165, 1.54) is 4.31 Å². The zero-order chi connectivity index (χ0) is 14.7. The van der Waals surface area contributed by atoms with Gasteiger partial charge in [0.05, 0.1) is 11.6 Å². The van der Waals surface area contributed by atoms with E-state index >= 15 is 0 Å². The van der Waals surface area contributed by atoms with Gasteiger partial charge < -0.3 is 10.5 Å². The van der Waals surface area contributed by atoms with E-state index in [1.54, 1.807) is 6.92 Å². The number of amides is 1. The number of ether oxygens (including phenoxy) is 1. The second kappa shape index (κ2) is 6.02. The van der Waals surface area contributed by atoms with Crippen LogP contribution in [0.5, 0.6) is 0 Å². The van der Waals surface area contributed by atoms with Gasteiger partial charge in [0.25, 0.3) is 0 Å². The number of piperidine rings is 1. The zero-order valence-electron chi connectivity index (χ0n) is 11.0.